The summed E-state index contributed by atoms with van der Waals surface area (Å²) < 4.78 is 3.65. The van der Waals surface area contributed by atoms with Crippen molar-refractivity contribution in [2.24, 2.45) is 7.05 Å². The van der Waals surface area contributed by atoms with Crippen LogP contribution in [0.1, 0.15) is 26.3 Å². The lowest BCUT2D eigenvalue weighted by Crippen LogP contribution is -2.21. The summed E-state index contributed by atoms with van der Waals surface area (Å²) in [5, 5.41) is 10.2. The minimum Gasteiger partial charge on any atom is -0.305 e. The number of hydrogen-bond acceptors (Lipinski definition) is 5. The SMILES string of the molecule is Cn1c(SCCn2cnc3ccccc3c2=O)nnc1-c1ccc(C(C)(C)C)cc1. The monoisotopic (exact) mass is 419 g/mol. The van der Waals surface area contributed by atoms with Crippen LogP contribution in [0.3, 0.4) is 0 Å². The Hall–Kier alpha value is -2.93. The molecule has 6 nitrogen and oxygen atoms in total. The van der Waals surface area contributed by atoms with Crippen molar-refractivity contribution in [1.29, 1.82) is 0 Å². The molecule has 4 aromatic rings. The molecule has 0 aliphatic carbocycles. The van der Waals surface area contributed by atoms with Crippen molar-refractivity contribution in [1.82, 2.24) is 24.3 Å². The lowest BCUT2D eigenvalue weighted by atomic mass is 9.87. The summed E-state index contributed by atoms with van der Waals surface area (Å²) in [5.74, 6) is 1.54. The first kappa shape index (κ1) is 20.3. The number of hydrogen-bond donors (Lipinski definition) is 0. The van der Waals surface area contributed by atoms with Crippen LogP contribution >= 0.6 is 11.8 Å². The van der Waals surface area contributed by atoms with Gasteiger partial charge in [-0.2, -0.15) is 0 Å². The van der Waals surface area contributed by atoms with Gasteiger partial charge in [-0.15, -0.1) is 10.2 Å². The second kappa shape index (κ2) is 8.07. The standard InChI is InChI=1S/C23H25N5OS/c1-23(2,3)17-11-9-16(10-12-17)20-25-26-22(27(20)4)30-14-13-28-15-24-19-8-6-5-7-18(19)21(28)29/h5-12,15H,13-14H2,1-4H3. The molecule has 2 aromatic carbocycles. The molecule has 2 aromatic heterocycles. The van der Waals surface area contributed by atoms with Gasteiger partial charge in [-0.3, -0.25) is 9.36 Å². The highest BCUT2D eigenvalue weighted by atomic mass is 32.2. The highest BCUT2D eigenvalue weighted by Gasteiger charge is 2.15. The van der Waals surface area contributed by atoms with Crippen LogP contribution in [-0.4, -0.2) is 30.1 Å². The molecule has 0 atom stereocenters. The van der Waals surface area contributed by atoms with Crippen molar-refractivity contribution < 1.29 is 0 Å². The number of para-hydroxylation sites is 1. The summed E-state index contributed by atoms with van der Waals surface area (Å²) in [4.78, 5) is 17.0. The van der Waals surface area contributed by atoms with E-state index in [0.29, 0.717) is 17.7 Å². The topological polar surface area (TPSA) is 65.6 Å². The zero-order valence-electron chi connectivity index (χ0n) is 17.7. The molecule has 0 saturated carbocycles. The Morgan fingerprint density at radius 1 is 1.00 bits per heavy atom. The number of aryl methyl sites for hydroxylation is 1. The molecular formula is C23H25N5OS. The molecule has 0 amide bonds. The number of fused-ring (bicyclic) bond motifs is 1. The molecule has 0 unspecified atom stereocenters. The third-order valence-corrected chi connectivity index (χ3v) is 6.14. The third-order valence-electron chi connectivity index (χ3n) is 5.14. The average molecular weight is 420 g/mol. The van der Waals surface area contributed by atoms with Crippen LogP contribution in [0.15, 0.2) is 64.8 Å². The van der Waals surface area contributed by atoms with Crippen molar-refractivity contribution in [3.63, 3.8) is 0 Å². The maximum Gasteiger partial charge on any atom is 0.261 e. The predicted molar refractivity (Wildman–Crippen MR) is 122 cm³/mol. The van der Waals surface area contributed by atoms with Gasteiger partial charge >= 0.3 is 0 Å². The van der Waals surface area contributed by atoms with Crippen molar-refractivity contribution in [3.05, 3.63) is 70.8 Å². The first-order valence-corrected chi connectivity index (χ1v) is 10.9. The van der Waals surface area contributed by atoms with E-state index in [1.54, 1.807) is 22.7 Å². The van der Waals surface area contributed by atoms with E-state index in [2.05, 4.69) is 60.2 Å². The quantitative estimate of drug-likeness (QED) is 0.452. The predicted octanol–water partition coefficient (Wildman–Crippen LogP) is 4.28. The lowest BCUT2D eigenvalue weighted by molar-refractivity contribution is 0.590. The van der Waals surface area contributed by atoms with Crippen LogP contribution in [0.4, 0.5) is 0 Å². The average Bonchev–Trinajstić information content (AvgIpc) is 3.10. The highest BCUT2D eigenvalue weighted by Crippen LogP contribution is 2.27. The third kappa shape index (κ3) is 4.03. The molecule has 0 aliphatic heterocycles. The van der Waals surface area contributed by atoms with Gasteiger partial charge in [0, 0.05) is 24.9 Å². The summed E-state index contributed by atoms with van der Waals surface area (Å²) in [5.41, 5.74) is 3.16. The van der Waals surface area contributed by atoms with Gasteiger partial charge < -0.3 is 4.57 Å². The Morgan fingerprint density at radius 2 is 1.73 bits per heavy atom. The molecule has 0 radical (unpaired) electrons. The van der Waals surface area contributed by atoms with Crippen LogP contribution in [0.5, 0.6) is 0 Å². The Morgan fingerprint density at radius 3 is 2.47 bits per heavy atom. The molecule has 30 heavy (non-hydrogen) atoms. The fourth-order valence-electron chi connectivity index (χ4n) is 3.31. The van der Waals surface area contributed by atoms with Gasteiger partial charge in [0.25, 0.3) is 5.56 Å². The van der Waals surface area contributed by atoms with E-state index in [1.165, 1.54) is 5.56 Å². The van der Waals surface area contributed by atoms with E-state index in [0.717, 1.165) is 22.1 Å². The Labute approximate surface area is 180 Å². The lowest BCUT2D eigenvalue weighted by Gasteiger charge is -2.19. The first-order valence-electron chi connectivity index (χ1n) is 9.92. The molecule has 0 spiro atoms. The highest BCUT2D eigenvalue weighted by molar-refractivity contribution is 7.99. The van der Waals surface area contributed by atoms with Gasteiger partial charge in [-0.25, -0.2) is 4.98 Å². The molecule has 0 bridgehead atoms. The molecular weight excluding hydrogens is 394 g/mol. The first-order chi connectivity index (χ1) is 14.3. The Kier molecular flexibility index (Phi) is 5.47. The van der Waals surface area contributed by atoms with Crippen LogP contribution in [-0.2, 0) is 19.0 Å². The van der Waals surface area contributed by atoms with Crippen LogP contribution in [0.2, 0.25) is 0 Å². The number of thioether (sulfide) groups is 1. The zero-order valence-corrected chi connectivity index (χ0v) is 18.5. The molecule has 0 aliphatic rings. The number of rotatable bonds is 5. The zero-order chi connectivity index (χ0) is 21.3. The van der Waals surface area contributed by atoms with Crippen molar-refractivity contribution >= 4 is 22.7 Å². The molecule has 0 saturated heterocycles. The van der Waals surface area contributed by atoms with Crippen molar-refractivity contribution in [2.75, 3.05) is 5.75 Å². The largest absolute Gasteiger partial charge is 0.305 e. The molecule has 2 heterocycles. The summed E-state index contributed by atoms with van der Waals surface area (Å²) in [6, 6.07) is 15.9. The minimum atomic E-state index is -0.0150. The normalized spacial score (nSPS) is 11.9. The van der Waals surface area contributed by atoms with Gasteiger partial charge in [-0.1, -0.05) is 68.9 Å². The second-order valence-corrected chi connectivity index (χ2v) is 9.36. The van der Waals surface area contributed by atoms with Crippen molar-refractivity contribution in [2.45, 2.75) is 37.9 Å². The number of nitrogens with zero attached hydrogens (tertiary/aromatic N) is 5. The minimum absolute atomic E-state index is 0.0150. The summed E-state index contributed by atoms with van der Waals surface area (Å²) in [6.45, 7) is 7.17. The van der Waals surface area contributed by atoms with Gasteiger partial charge in [0.15, 0.2) is 11.0 Å². The fourth-order valence-corrected chi connectivity index (χ4v) is 4.16. The Bertz CT molecular complexity index is 1240. The molecule has 0 N–H and O–H groups in total. The number of benzene rings is 2. The maximum atomic E-state index is 12.6. The molecule has 154 valence electrons. The van der Waals surface area contributed by atoms with E-state index < -0.39 is 0 Å². The van der Waals surface area contributed by atoms with Crippen LogP contribution < -0.4 is 5.56 Å². The van der Waals surface area contributed by atoms with E-state index in [-0.39, 0.29) is 11.0 Å². The second-order valence-electron chi connectivity index (χ2n) is 8.30. The fraction of sp³-hybridized carbons (Fsp3) is 0.304. The van der Waals surface area contributed by atoms with Gasteiger partial charge in [0.1, 0.15) is 0 Å². The van der Waals surface area contributed by atoms with E-state index in [1.807, 2.05) is 35.9 Å². The molecule has 7 heteroatoms. The van der Waals surface area contributed by atoms with E-state index in [9.17, 15) is 4.79 Å². The van der Waals surface area contributed by atoms with Crippen LogP contribution in [0.25, 0.3) is 22.3 Å². The Balaban J connectivity index is 1.46. The van der Waals surface area contributed by atoms with E-state index in [4.69, 9.17) is 0 Å². The molecule has 0 fully saturated rings. The van der Waals surface area contributed by atoms with Crippen LogP contribution in [0, 0.1) is 0 Å². The van der Waals surface area contributed by atoms with Gasteiger partial charge in [0.05, 0.1) is 17.2 Å². The summed E-state index contributed by atoms with van der Waals surface area (Å²) in [7, 11) is 1.97. The smallest absolute Gasteiger partial charge is 0.261 e. The summed E-state index contributed by atoms with van der Waals surface area (Å²) >= 11 is 1.58. The molecule has 4 rings (SSSR count). The van der Waals surface area contributed by atoms with Gasteiger partial charge in [-0.05, 0) is 23.1 Å². The summed E-state index contributed by atoms with van der Waals surface area (Å²) in [6.07, 6.45) is 1.62. The van der Waals surface area contributed by atoms with Gasteiger partial charge in [0.2, 0.25) is 0 Å². The van der Waals surface area contributed by atoms with Crippen molar-refractivity contribution in [3.8, 4) is 11.4 Å². The maximum absolute atomic E-state index is 12.6. The van der Waals surface area contributed by atoms with E-state index >= 15 is 0 Å². The number of aromatic nitrogens is 5.